The molecule has 0 unspecified atom stereocenters. The van der Waals surface area contributed by atoms with Crippen LogP contribution in [0.15, 0.2) is 41.3 Å². The van der Waals surface area contributed by atoms with Gasteiger partial charge in [-0.15, -0.1) is 0 Å². The molecule has 16 heavy (non-hydrogen) atoms. The maximum absolute atomic E-state index is 11.6. The van der Waals surface area contributed by atoms with E-state index in [-0.39, 0.29) is 5.56 Å². The van der Waals surface area contributed by atoms with E-state index in [1.54, 1.807) is 37.4 Å². The fourth-order valence-corrected chi connectivity index (χ4v) is 1.46. The minimum absolute atomic E-state index is 0.163. The van der Waals surface area contributed by atoms with E-state index in [0.29, 0.717) is 17.1 Å². The number of aromatic nitrogens is 2. The second-order valence-electron chi connectivity index (χ2n) is 3.38. The molecule has 0 aliphatic heterocycles. The smallest absolute Gasteiger partial charge is 0.256 e. The summed E-state index contributed by atoms with van der Waals surface area (Å²) < 4.78 is 1.41. The molecular weight excluding hydrogens is 202 g/mol. The molecule has 2 aromatic heterocycles. The van der Waals surface area contributed by atoms with Gasteiger partial charge in [-0.1, -0.05) is 6.07 Å². The predicted octanol–water partition coefficient (Wildman–Crippen LogP) is 1.41. The van der Waals surface area contributed by atoms with E-state index in [9.17, 15) is 4.79 Å². The Morgan fingerprint density at radius 2 is 2.19 bits per heavy atom. The van der Waals surface area contributed by atoms with Crippen molar-refractivity contribution in [1.82, 2.24) is 9.55 Å². The van der Waals surface area contributed by atoms with Gasteiger partial charge in [0.1, 0.15) is 5.82 Å². The molecule has 2 rings (SSSR count). The number of nitriles is 1. The van der Waals surface area contributed by atoms with Crippen LogP contribution < -0.4 is 5.56 Å². The molecule has 0 atom stereocenters. The average molecular weight is 211 g/mol. The maximum atomic E-state index is 11.6. The summed E-state index contributed by atoms with van der Waals surface area (Å²) in [5, 5.41) is 8.84. The number of rotatable bonds is 1. The van der Waals surface area contributed by atoms with Crippen LogP contribution in [0.25, 0.3) is 5.82 Å². The Balaban J connectivity index is 2.66. The molecule has 78 valence electrons. The summed E-state index contributed by atoms with van der Waals surface area (Å²) in [6.45, 7) is 1.79. The van der Waals surface area contributed by atoms with Gasteiger partial charge in [0, 0.05) is 18.0 Å². The molecule has 0 aliphatic carbocycles. The Morgan fingerprint density at radius 1 is 1.38 bits per heavy atom. The standard InChI is InChI=1S/C12H9N3O/c1-9-6-10(8-13)7-11(14-9)15-5-3-2-4-12(15)16/h2-7H,1H3. The second-order valence-corrected chi connectivity index (χ2v) is 3.38. The predicted molar refractivity (Wildman–Crippen MR) is 59.3 cm³/mol. The highest BCUT2D eigenvalue weighted by molar-refractivity contribution is 5.38. The van der Waals surface area contributed by atoms with Gasteiger partial charge in [-0.05, 0) is 25.1 Å². The molecular formula is C12H9N3O. The fraction of sp³-hybridized carbons (Fsp3) is 0.0833. The lowest BCUT2D eigenvalue weighted by Gasteiger charge is -2.05. The van der Waals surface area contributed by atoms with Crippen LogP contribution in [-0.4, -0.2) is 9.55 Å². The van der Waals surface area contributed by atoms with Crippen LogP contribution in [0.4, 0.5) is 0 Å². The van der Waals surface area contributed by atoms with E-state index in [0.717, 1.165) is 0 Å². The van der Waals surface area contributed by atoms with Crippen LogP contribution >= 0.6 is 0 Å². The lowest BCUT2D eigenvalue weighted by molar-refractivity contribution is 0.927. The second kappa shape index (κ2) is 3.99. The Morgan fingerprint density at radius 3 is 2.88 bits per heavy atom. The van der Waals surface area contributed by atoms with Crippen molar-refractivity contribution >= 4 is 0 Å². The molecule has 2 heterocycles. The topological polar surface area (TPSA) is 58.7 Å². The van der Waals surface area contributed by atoms with Crippen molar-refractivity contribution in [3.8, 4) is 11.9 Å². The van der Waals surface area contributed by atoms with Gasteiger partial charge in [0.2, 0.25) is 0 Å². The molecule has 0 aliphatic rings. The van der Waals surface area contributed by atoms with E-state index in [2.05, 4.69) is 4.98 Å². The van der Waals surface area contributed by atoms with Crippen molar-refractivity contribution in [3.63, 3.8) is 0 Å². The molecule has 0 saturated carbocycles. The Bertz CT molecular complexity index is 623. The number of aryl methyl sites for hydroxylation is 1. The third kappa shape index (κ3) is 1.84. The number of hydrogen-bond acceptors (Lipinski definition) is 3. The molecule has 0 saturated heterocycles. The molecule has 0 radical (unpaired) electrons. The van der Waals surface area contributed by atoms with Crippen molar-refractivity contribution < 1.29 is 0 Å². The van der Waals surface area contributed by atoms with Gasteiger partial charge in [0.25, 0.3) is 5.56 Å². The SMILES string of the molecule is Cc1cc(C#N)cc(-n2ccccc2=O)n1. The van der Waals surface area contributed by atoms with Crippen LogP contribution in [-0.2, 0) is 0 Å². The van der Waals surface area contributed by atoms with Crippen molar-refractivity contribution in [2.75, 3.05) is 0 Å². The molecule has 4 heteroatoms. The Hall–Kier alpha value is -2.41. The highest BCUT2D eigenvalue weighted by Crippen LogP contribution is 2.07. The third-order valence-corrected chi connectivity index (χ3v) is 2.14. The zero-order chi connectivity index (χ0) is 11.5. The summed E-state index contributed by atoms with van der Waals surface area (Å²) >= 11 is 0. The molecule has 0 amide bonds. The van der Waals surface area contributed by atoms with Crippen molar-refractivity contribution in [2.24, 2.45) is 0 Å². The van der Waals surface area contributed by atoms with Crippen LogP contribution in [0.3, 0.4) is 0 Å². The van der Waals surface area contributed by atoms with Gasteiger partial charge in [0.05, 0.1) is 11.6 Å². The largest absolute Gasteiger partial charge is 0.269 e. The molecule has 0 aromatic carbocycles. The van der Waals surface area contributed by atoms with E-state index in [1.807, 2.05) is 6.07 Å². The summed E-state index contributed by atoms with van der Waals surface area (Å²) in [6, 6.07) is 10.2. The zero-order valence-electron chi connectivity index (χ0n) is 8.71. The van der Waals surface area contributed by atoms with Crippen LogP contribution in [0.5, 0.6) is 0 Å². The molecule has 4 nitrogen and oxygen atoms in total. The average Bonchev–Trinajstić information content (AvgIpc) is 2.28. The van der Waals surface area contributed by atoms with Crippen molar-refractivity contribution in [1.29, 1.82) is 5.26 Å². The molecule has 0 spiro atoms. The minimum atomic E-state index is -0.163. The Kier molecular flexibility index (Phi) is 2.52. The number of nitrogens with zero attached hydrogens (tertiary/aromatic N) is 3. The van der Waals surface area contributed by atoms with Gasteiger partial charge in [-0.25, -0.2) is 4.98 Å². The van der Waals surface area contributed by atoms with E-state index >= 15 is 0 Å². The van der Waals surface area contributed by atoms with E-state index in [1.165, 1.54) is 10.6 Å². The first-order valence-corrected chi connectivity index (χ1v) is 4.77. The van der Waals surface area contributed by atoms with Gasteiger partial charge in [-0.2, -0.15) is 5.26 Å². The highest BCUT2D eigenvalue weighted by Gasteiger charge is 2.02. The highest BCUT2D eigenvalue weighted by atomic mass is 16.1. The third-order valence-electron chi connectivity index (χ3n) is 2.14. The number of hydrogen-bond donors (Lipinski definition) is 0. The van der Waals surface area contributed by atoms with Gasteiger partial charge in [0.15, 0.2) is 0 Å². The van der Waals surface area contributed by atoms with Gasteiger partial charge >= 0.3 is 0 Å². The first kappa shape index (κ1) is 10.1. The lowest BCUT2D eigenvalue weighted by Crippen LogP contribution is -2.17. The van der Waals surface area contributed by atoms with Gasteiger partial charge in [-0.3, -0.25) is 9.36 Å². The fourth-order valence-electron chi connectivity index (χ4n) is 1.46. The molecule has 0 bridgehead atoms. The van der Waals surface area contributed by atoms with Crippen LogP contribution in [0.2, 0.25) is 0 Å². The summed E-state index contributed by atoms with van der Waals surface area (Å²) in [6.07, 6.45) is 1.63. The van der Waals surface area contributed by atoms with E-state index < -0.39 is 0 Å². The summed E-state index contributed by atoms with van der Waals surface area (Å²) in [7, 11) is 0. The van der Waals surface area contributed by atoms with Crippen molar-refractivity contribution in [2.45, 2.75) is 6.92 Å². The minimum Gasteiger partial charge on any atom is -0.269 e. The first-order chi connectivity index (χ1) is 7.70. The molecule has 0 N–H and O–H groups in total. The summed E-state index contributed by atoms with van der Waals surface area (Å²) in [5.74, 6) is 0.474. The Labute approximate surface area is 92.4 Å². The van der Waals surface area contributed by atoms with Gasteiger partial charge < -0.3 is 0 Å². The monoisotopic (exact) mass is 211 g/mol. The lowest BCUT2D eigenvalue weighted by atomic mass is 10.2. The summed E-state index contributed by atoms with van der Waals surface area (Å²) in [5.41, 5.74) is 1.05. The number of pyridine rings is 2. The quantitative estimate of drug-likeness (QED) is 0.716. The zero-order valence-corrected chi connectivity index (χ0v) is 8.71. The normalized spacial score (nSPS) is 9.75. The first-order valence-electron chi connectivity index (χ1n) is 4.77. The summed E-state index contributed by atoms with van der Waals surface area (Å²) in [4.78, 5) is 15.8. The van der Waals surface area contributed by atoms with Crippen LogP contribution in [0.1, 0.15) is 11.3 Å². The van der Waals surface area contributed by atoms with Crippen molar-refractivity contribution in [3.05, 3.63) is 58.1 Å². The molecule has 0 fully saturated rings. The molecule has 2 aromatic rings. The maximum Gasteiger partial charge on any atom is 0.256 e. The van der Waals surface area contributed by atoms with E-state index in [4.69, 9.17) is 5.26 Å². The van der Waals surface area contributed by atoms with Crippen LogP contribution in [0, 0.1) is 18.3 Å².